The van der Waals surface area contributed by atoms with E-state index in [1.807, 2.05) is 6.08 Å². The van der Waals surface area contributed by atoms with Crippen molar-refractivity contribution >= 4 is 0 Å². The molecule has 0 nitrogen and oxygen atoms in total. The van der Waals surface area contributed by atoms with Crippen molar-refractivity contribution in [1.29, 1.82) is 0 Å². The molecule has 0 amide bonds. The lowest BCUT2D eigenvalue weighted by Gasteiger charge is -2.12. The van der Waals surface area contributed by atoms with Crippen LogP contribution in [-0.4, -0.2) is 0 Å². The normalized spacial score (nSPS) is 15.2. The van der Waals surface area contributed by atoms with Gasteiger partial charge >= 0.3 is 0 Å². The molecule has 0 aliphatic rings. The van der Waals surface area contributed by atoms with E-state index in [0.29, 0.717) is 11.8 Å². The molecule has 12 heavy (non-hydrogen) atoms. The summed E-state index contributed by atoms with van der Waals surface area (Å²) in [7, 11) is 0. The fourth-order valence-corrected chi connectivity index (χ4v) is 1.19. The summed E-state index contributed by atoms with van der Waals surface area (Å²) < 4.78 is 0. The molecule has 0 aromatic heterocycles. The maximum absolute atomic E-state index is 3.84. The third-order valence-electron chi connectivity index (χ3n) is 2.18. The molecule has 0 saturated heterocycles. The average Bonchev–Trinajstić information content (AvgIpc) is 2.11. The second-order valence-corrected chi connectivity index (χ2v) is 3.35. The van der Waals surface area contributed by atoms with E-state index in [0.717, 1.165) is 6.42 Å². The summed E-state index contributed by atoms with van der Waals surface area (Å²) in [6.45, 7) is 12.0. The van der Waals surface area contributed by atoms with E-state index in [-0.39, 0.29) is 0 Å². The summed E-state index contributed by atoms with van der Waals surface area (Å²) in [6.07, 6.45) is 10.00. The van der Waals surface area contributed by atoms with E-state index >= 15 is 0 Å². The first kappa shape index (κ1) is 11.5. The predicted octanol–water partition coefficient (Wildman–Crippen LogP) is 4.01. The Morgan fingerprint density at radius 1 is 1.25 bits per heavy atom. The highest BCUT2D eigenvalue weighted by Crippen LogP contribution is 2.17. The number of hydrogen-bond acceptors (Lipinski definition) is 0. The van der Waals surface area contributed by atoms with Gasteiger partial charge in [0.25, 0.3) is 0 Å². The van der Waals surface area contributed by atoms with Crippen LogP contribution >= 0.6 is 0 Å². The van der Waals surface area contributed by atoms with Crippen molar-refractivity contribution in [1.82, 2.24) is 0 Å². The van der Waals surface area contributed by atoms with E-state index in [1.54, 1.807) is 0 Å². The lowest BCUT2D eigenvalue weighted by Crippen LogP contribution is -1.99. The van der Waals surface area contributed by atoms with E-state index < -0.39 is 0 Å². The third-order valence-corrected chi connectivity index (χ3v) is 2.18. The van der Waals surface area contributed by atoms with Gasteiger partial charge < -0.3 is 0 Å². The van der Waals surface area contributed by atoms with Gasteiger partial charge in [0, 0.05) is 0 Å². The summed E-state index contributed by atoms with van der Waals surface area (Å²) in [4.78, 5) is 0. The summed E-state index contributed by atoms with van der Waals surface area (Å²) in [5.74, 6) is 1.20. The highest BCUT2D eigenvalue weighted by molar-refractivity contribution is 4.91. The molecular formula is C12H21. The molecule has 0 rings (SSSR count). The van der Waals surface area contributed by atoms with Crippen LogP contribution in [0.15, 0.2) is 25.3 Å². The lowest BCUT2D eigenvalue weighted by atomic mass is 9.94. The van der Waals surface area contributed by atoms with Crippen LogP contribution in [-0.2, 0) is 0 Å². The second kappa shape index (κ2) is 7.15. The molecule has 0 aliphatic carbocycles. The van der Waals surface area contributed by atoms with Gasteiger partial charge in [-0.1, -0.05) is 32.4 Å². The van der Waals surface area contributed by atoms with Gasteiger partial charge in [-0.05, 0) is 31.1 Å². The first-order valence-electron chi connectivity index (χ1n) is 4.83. The predicted molar refractivity (Wildman–Crippen MR) is 56.9 cm³/mol. The van der Waals surface area contributed by atoms with Crippen molar-refractivity contribution in [2.75, 3.05) is 0 Å². The van der Waals surface area contributed by atoms with Gasteiger partial charge in [0.1, 0.15) is 0 Å². The largest absolute Gasteiger partial charge is 0.103 e. The number of rotatable bonds is 7. The van der Waals surface area contributed by atoms with Gasteiger partial charge in [0.2, 0.25) is 0 Å². The van der Waals surface area contributed by atoms with Gasteiger partial charge in [0.15, 0.2) is 0 Å². The van der Waals surface area contributed by atoms with Crippen LogP contribution < -0.4 is 0 Å². The van der Waals surface area contributed by atoms with Crippen molar-refractivity contribution in [2.24, 2.45) is 11.8 Å². The highest BCUT2D eigenvalue weighted by Gasteiger charge is 2.04. The summed E-state index contributed by atoms with van der Waals surface area (Å²) in [5, 5.41) is 0. The van der Waals surface area contributed by atoms with Crippen LogP contribution in [0.2, 0.25) is 0 Å². The highest BCUT2D eigenvalue weighted by atomic mass is 14.1. The van der Waals surface area contributed by atoms with Crippen LogP contribution in [0.5, 0.6) is 0 Å². The second-order valence-electron chi connectivity index (χ2n) is 3.35. The standard InChI is InChI=1S/C12H21/c1-5-8-12(7-3)10-9-11(4)6-2/h6-7,9,11-12H,2-3,5,8,10H2,1,4H3. The molecule has 0 heterocycles. The maximum atomic E-state index is 3.84. The lowest BCUT2D eigenvalue weighted by molar-refractivity contribution is 0.551. The zero-order valence-electron chi connectivity index (χ0n) is 8.42. The zero-order chi connectivity index (χ0) is 9.40. The SMILES string of the molecule is C=CC(C)[CH]CC(C=C)CCC. The molecule has 0 N–H and O–H groups in total. The van der Waals surface area contributed by atoms with Gasteiger partial charge in [-0.15, -0.1) is 13.2 Å². The fourth-order valence-electron chi connectivity index (χ4n) is 1.19. The van der Waals surface area contributed by atoms with Crippen molar-refractivity contribution < 1.29 is 0 Å². The van der Waals surface area contributed by atoms with Gasteiger partial charge in [-0.3, -0.25) is 0 Å². The Bertz CT molecular complexity index is 124. The smallest absolute Gasteiger partial charge is 0.0233 e. The van der Waals surface area contributed by atoms with E-state index in [2.05, 4.69) is 39.5 Å². The molecule has 0 spiro atoms. The van der Waals surface area contributed by atoms with Crippen molar-refractivity contribution in [3.05, 3.63) is 31.7 Å². The van der Waals surface area contributed by atoms with Crippen LogP contribution in [0.1, 0.15) is 33.1 Å². The molecule has 0 aliphatic heterocycles. The molecule has 2 unspecified atom stereocenters. The number of allylic oxidation sites excluding steroid dienone is 2. The Labute approximate surface area is 77.4 Å². The van der Waals surface area contributed by atoms with Crippen molar-refractivity contribution in [3.8, 4) is 0 Å². The molecule has 0 fully saturated rings. The average molecular weight is 165 g/mol. The van der Waals surface area contributed by atoms with Crippen molar-refractivity contribution in [2.45, 2.75) is 33.1 Å². The molecule has 69 valence electrons. The van der Waals surface area contributed by atoms with Gasteiger partial charge in [-0.2, -0.15) is 0 Å². The van der Waals surface area contributed by atoms with Crippen LogP contribution in [0.25, 0.3) is 0 Å². The first-order valence-corrected chi connectivity index (χ1v) is 4.83. The van der Waals surface area contributed by atoms with Crippen LogP contribution in [0, 0.1) is 18.3 Å². The maximum Gasteiger partial charge on any atom is -0.0233 e. The molecule has 0 bridgehead atoms. The minimum atomic E-state index is 0.532. The minimum Gasteiger partial charge on any atom is -0.103 e. The third kappa shape index (κ3) is 5.17. The Morgan fingerprint density at radius 2 is 1.92 bits per heavy atom. The van der Waals surface area contributed by atoms with Crippen LogP contribution in [0.3, 0.4) is 0 Å². The fraction of sp³-hybridized carbons (Fsp3) is 0.583. The van der Waals surface area contributed by atoms with E-state index in [9.17, 15) is 0 Å². The summed E-state index contributed by atoms with van der Waals surface area (Å²) in [5.41, 5.74) is 0. The molecular weight excluding hydrogens is 144 g/mol. The minimum absolute atomic E-state index is 0.532. The topological polar surface area (TPSA) is 0 Å². The molecule has 0 aromatic rings. The Morgan fingerprint density at radius 3 is 2.33 bits per heavy atom. The van der Waals surface area contributed by atoms with E-state index in [1.165, 1.54) is 12.8 Å². The molecule has 0 saturated carbocycles. The van der Waals surface area contributed by atoms with Gasteiger partial charge in [0.05, 0.1) is 0 Å². The summed E-state index contributed by atoms with van der Waals surface area (Å²) >= 11 is 0. The van der Waals surface area contributed by atoms with Gasteiger partial charge in [-0.25, -0.2) is 0 Å². The monoisotopic (exact) mass is 165 g/mol. The zero-order valence-corrected chi connectivity index (χ0v) is 8.42. The quantitative estimate of drug-likeness (QED) is 0.500. The van der Waals surface area contributed by atoms with E-state index in [4.69, 9.17) is 0 Å². The number of hydrogen-bond donors (Lipinski definition) is 0. The Hall–Kier alpha value is -0.520. The molecule has 1 radical (unpaired) electrons. The molecule has 2 atom stereocenters. The first-order chi connectivity index (χ1) is 5.74. The Kier molecular flexibility index (Phi) is 6.84. The van der Waals surface area contributed by atoms with Crippen molar-refractivity contribution in [3.63, 3.8) is 0 Å². The summed E-state index contributed by atoms with van der Waals surface area (Å²) in [6, 6.07) is 0. The van der Waals surface area contributed by atoms with Crippen LogP contribution in [0.4, 0.5) is 0 Å². The Balaban J connectivity index is 3.56. The molecule has 0 aromatic carbocycles. The molecule has 0 heteroatoms.